The molecule has 1 unspecified atom stereocenters. The molecular weight excluding hydrogens is 282 g/mol. The van der Waals surface area contributed by atoms with Gasteiger partial charge in [0.2, 0.25) is 0 Å². The van der Waals surface area contributed by atoms with E-state index in [1.165, 1.54) is 24.3 Å². The minimum atomic E-state index is -0.911. The van der Waals surface area contributed by atoms with Crippen LogP contribution in [0.2, 0.25) is 0 Å². The van der Waals surface area contributed by atoms with Crippen LogP contribution in [-0.4, -0.2) is 4.92 Å². The molecule has 0 saturated carbocycles. The van der Waals surface area contributed by atoms with Crippen LogP contribution >= 0.6 is 0 Å². The second kappa shape index (κ2) is 6.73. The smallest absolute Gasteiger partial charge is 0.258 e. The Balaban J connectivity index is 2.25. The SMILES string of the molecule is N#Cc1ccccc1C(C#N)N=Nc1ccc([N+](=O)[O-])cc1. The topological polar surface area (TPSA) is 115 Å². The normalized spacial score (nSPS) is 11.5. The van der Waals surface area contributed by atoms with Crippen LogP contribution in [0, 0.1) is 32.8 Å². The lowest BCUT2D eigenvalue weighted by Gasteiger charge is -2.04. The highest BCUT2D eigenvalue weighted by Crippen LogP contribution is 2.24. The van der Waals surface area contributed by atoms with E-state index in [-0.39, 0.29) is 5.69 Å². The number of nitro benzene ring substituents is 1. The Morgan fingerprint density at radius 3 is 2.36 bits per heavy atom. The first-order valence-electron chi connectivity index (χ1n) is 6.19. The first kappa shape index (κ1) is 14.8. The Bertz CT molecular complexity index is 800. The maximum atomic E-state index is 10.6. The predicted molar refractivity (Wildman–Crippen MR) is 77.1 cm³/mol. The van der Waals surface area contributed by atoms with Gasteiger partial charge in [0, 0.05) is 17.7 Å². The van der Waals surface area contributed by atoms with Gasteiger partial charge in [-0.05, 0) is 18.2 Å². The summed E-state index contributed by atoms with van der Waals surface area (Å²) in [5.41, 5.74) is 1.17. The molecule has 0 heterocycles. The third-order valence-corrected chi connectivity index (χ3v) is 2.85. The number of nitrogens with zero attached hydrogens (tertiary/aromatic N) is 5. The molecule has 0 spiro atoms. The van der Waals surface area contributed by atoms with E-state index in [4.69, 9.17) is 5.26 Å². The minimum absolute atomic E-state index is 0.0504. The van der Waals surface area contributed by atoms with Crippen LogP contribution in [0.5, 0.6) is 0 Å². The van der Waals surface area contributed by atoms with Gasteiger partial charge in [-0.1, -0.05) is 18.2 Å². The summed E-state index contributed by atoms with van der Waals surface area (Å²) in [7, 11) is 0. The number of hydrogen-bond donors (Lipinski definition) is 0. The summed E-state index contributed by atoms with van der Waals surface area (Å²) in [6.07, 6.45) is 0. The molecule has 2 aromatic carbocycles. The summed E-state index contributed by atoms with van der Waals surface area (Å²) >= 11 is 0. The van der Waals surface area contributed by atoms with E-state index < -0.39 is 11.0 Å². The maximum absolute atomic E-state index is 10.6. The third-order valence-electron chi connectivity index (χ3n) is 2.85. The molecule has 0 fully saturated rings. The molecule has 1 atom stereocenters. The van der Waals surface area contributed by atoms with Gasteiger partial charge in [-0.2, -0.15) is 20.8 Å². The molecule has 2 rings (SSSR count). The summed E-state index contributed by atoms with van der Waals surface area (Å²) < 4.78 is 0. The van der Waals surface area contributed by atoms with Crippen LogP contribution in [-0.2, 0) is 0 Å². The number of nitriles is 2. The van der Waals surface area contributed by atoms with Gasteiger partial charge in [-0.15, -0.1) is 0 Å². The number of non-ortho nitro benzene ring substituents is 1. The Morgan fingerprint density at radius 1 is 1.09 bits per heavy atom. The molecule has 7 nitrogen and oxygen atoms in total. The van der Waals surface area contributed by atoms with Gasteiger partial charge in [0.15, 0.2) is 6.04 Å². The molecular formula is C15H9N5O2. The van der Waals surface area contributed by atoms with Crippen LogP contribution in [0.4, 0.5) is 11.4 Å². The molecule has 0 saturated heterocycles. The zero-order valence-corrected chi connectivity index (χ0v) is 11.2. The van der Waals surface area contributed by atoms with Crippen molar-refractivity contribution in [2.24, 2.45) is 10.2 Å². The van der Waals surface area contributed by atoms with Crippen molar-refractivity contribution >= 4 is 11.4 Å². The van der Waals surface area contributed by atoms with E-state index in [0.717, 1.165) is 0 Å². The van der Waals surface area contributed by atoms with E-state index >= 15 is 0 Å². The van der Waals surface area contributed by atoms with Crippen LogP contribution in [0.1, 0.15) is 17.2 Å². The number of benzene rings is 2. The van der Waals surface area contributed by atoms with Crippen molar-refractivity contribution in [3.8, 4) is 12.1 Å². The Kier molecular flexibility index (Phi) is 4.53. The van der Waals surface area contributed by atoms with Crippen molar-refractivity contribution in [1.82, 2.24) is 0 Å². The molecule has 0 aromatic heterocycles. The van der Waals surface area contributed by atoms with Gasteiger partial charge in [-0.3, -0.25) is 10.1 Å². The van der Waals surface area contributed by atoms with Crippen molar-refractivity contribution in [3.05, 3.63) is 69.8 Å². The Morgan fingerprint density at radius 2 is 1.77 bits per heavy atom. The molecule has 0 bridgehead atoms. The summed E-state index contributed by atoms with van der Waals surface area (Å²) in [6, 6.07) is 15.2. The van der Waals surface area contributed by atoms with Crippen LogP contribution < -0.4 is 0 Å². The quantitative estimate of drug-likeness (QED) is 0.483. The van der Waals surface area contributed by atoms with Crippen molar-refractivity contribution in [2.75, 3.05) is 0 Å². The highest BCUT2D eigenvalue weighted by molar-refractivity contribution is 5.44. The predicted octanol–water partition coefficient (Wildman–Crippen LogP) is 3.82. The van der Waals surface area contributed by atoms with E-state index in [2.05, 4.69) is 10.2 Å². The number of hydrogen-bond acceptors (Lipinski definition) is 6. The Hall–Kier alpha value is -3.58. The molecule has 0 N–H and O–H groups in total. The van der Waals surface area contributed by atoms with Gasteiger partial charge in [0.05, 0.1) is 28.3 Å². The summed E-state index contributed by atoms with van der Waals surface area (Å²) in [4.78, 5) is 10.0. The first-order valence-corrected chi connectivity index (χ1v) is 6.19. The largest absolute Gasteiger partial charge is 0.269 e. The monoisotopic (exact) mass is 291 g/mol. The number of azo groups is 1. The van der Waals surface area contributed by atoms with Crippen LogP contribution in [0.15, 0.2) is 58.8 Å². The molecule has 7 heteroatoms. The zero-order valence-electron chi connectivity index (χ0n) is 11.2. The summed E-state index contributed by atoms with van der Waals surface area (Å²) in [5, 5.41) is 36.6. The van der Waals surface area contributed by atoms with Gasteiger partial charge < -0.3 is 0 Å². The van der Waals surface area contributed by atoms with E-state index in [1.54, 1.807) is 24.3 Å². The molecule has 106 valence electrons. The fourth-order valence-electron chi connectivity index (χ4n) is 1.76. The van der Waals surface area contributed by atoms with Crippen molar-refractivity contribution < 1.29 is 4.92 Å². The fraction of sp³-hybridized carbons (Fsp3) is 0.0667. The highest BCUT2D eigenvalue weighted by Gasteiger charge is 2.13. The van der Waals surface area contributed by atoms with E-state index in [1.807, 2.05) is 12.1 Å². The number of rotatable bonds is 4. The second-order valence-electron chi connectivity index (χ2n) is 4.22. The van der Waals surface area contributed by atoms with Gasteiger partial charge in [0.1, 0.15) is 0 Å². The van der Waals surface area contributed by atoms with Crippen LogP contribution in [0.3, 0.4) is 0 Å². The van der Waals surface area contributed by atoms with Crippen molar-refractivity contribution in [1.29, 1.82) is 10.5 Å². The third kappa shape index (κ3) is 3.30. The second-order valence-corrected chi connectivity index (χ2v) is 4.22. The lowest BCUT2D eigenvalue weighted by atomic mass is 10.0. The molecule has 22 heavy (non-hydrogen) atoms. The minimum Gasteiger partial charge on any atom is -0.258 e. The standard InChI is InChI=1S/C15H9N5O2/c16-9-11-3-1-2-4-14(11)15(10-17)19-18-12-5-7-13(8-6-12)20(21)22/h1-8,15H. The van der Waals surface area contributed by atoms with Gasteiger partial charge in [0.25, 0.3) is 5.69 Å². The Labute approximate surface area is 125 Å². The summed E-state index contributed by atoms with van der Waals surface area (Å²) in [6.45, 7) is 0. The van der Waals surface area contributed by atoms with Crippen molar-refractivity contribution in [3.63, 3.8) is 0 Å². The molecule has 0 radical (unpaired) electrons. The maximum Gasteiger partial charge on any atom is 0.269 e. The molecule has 0 aliphatic heterocycles. The molecule has 0 aliphatic rings. The van der Waals surface area contributed by atoms with Crippen LogP contribution in [0.25, 0.3) is 0 Å². The van der Waals surface area contributed by atoms with E-state index in [0.29, 0.717) is 16.8 Å². The number of nitro groups is 1. The van der Waals surface area contributed by atoms with E-state index in [9.17, 15) is 15.4 Å². The molecule has 0 aliphatic carbocycles. The first-order chi connectivity index (χ1) is 10.7. The lowest BCUT2D eigenvalue weighted by molar-refractivity contribution is -0.384. The van der Waals surface area contributed by atoms with Gasteiger partial charge >= 0.3 is 0 Å². The van der Waals surface area contributed by atoms with Crippen molar-refractivity contribution in [2.45, 2.75) is 6.04 Å². The highest BCUT2D eigenvalue weighted by atomic mass is 16.6. The molecule has 0 amide bonds. The molecule has 2 aromatic rings. The lowest BCUT2D eigenvalue weighted by Crippen LogP contribution is -1.95. The fourth-order valence-corrected chi connectivity index (χ4v) is 1.76. The zero-order chi connectivity index (χ0) is 15.9. The average molecular weight is 291 g/mol. The van der Waals surface area contributed by atoms with Gasteiger partial charge in [-0.25, -0.2) is 0 Å². The summed E-state index contributed by atoms with van der Waals surface area (Å²) in [5.74, 6) is 0. The average Bonchev–Trinajstić information content (AvgIpc) is 2.56.